The lowest BCUT2D eigenvalue weighted by Gasteiger charge is -2.21. The number of halogens is 3. The van der Waals surface area contributed by atoms with Gasteiger partial charge in [-0.05, 0) is 52.3 Å². The smallest absolute Gasteiger partial charge is 0.416 e. The molecular weight excluding hydrogens is 377 g/mol. The first-order valence-corrected chi connectivity index (χ1v) is 8.83. The van der Waals surface area contributed by atoms with Crippen molar-refractivity contribution in [1.29, 1.82) is 0 Å². The molecule has 1 amide bonds. The van der Waals surface area contributed by atoms with E-state index in [4.69, 9.17) is 10.6 Å². The van der Waals surface area contributed by atoms with E-state index in [0.717, 1.165) is 17.2 Å². The van der Waals surface area contributed by atoms with E-state index in [2.05, 4.69) is 4.74 Å². The van der Waals surface area contributed by atoms with Crippen LogP contribution in [0.1, 0.15) is 58.2 Å². The zero-order valence-corrected chi connectivity index (χ0v) is 16.9. The highest BCUT2D eigenvalue weighted by Crippen LogP contribution is 2.31. The van der Waals surface area contributed by atoms with E-state index >= 15 is 0 Å². The van der Waals surface area contributed by atoms with Crippen LogP contribution in [0.25, 0.3) is 0 Å². The number of carbonyl (C=O) groups excluding carboxylic acids is 2. The zero-order chi connectivity index (χ0) is 22.0. The lowest BCUT2D eigenvalue weighted by Crippen LogP contribution is -2.33. The molecule has 0 fully saturated rings. The minimum atomic E-state index is -4.43. The third kappa shape index (κ3) is 10.3. The van der Waals surface area contributed by atoms with E-state index in [1.807, 2.05) is 20.8 Å². The van der Waals surface area contributed by atoms with Crippen molar-refractivity contribution in [1.82, 2.24) is 5.06 Å². The molecule has 28 heavy (non-hydrogen) atoms. The SMILES string of the molecule is CC(C)(C)OC=O.CCON(CC)C(=O)CC(N)c1cccc(C(F)(F)F)c1. The van der Waals surface area contributed by atoms with Gasteiger partial charge in [-0.25, -0.2) is 5.06 Å². The third-order valence-corrected chi connectivity index (χ3v) is 3.29. The molecule has 0 bridgehead atoms. The first kappa shape index (κ1) is 25.9. The van der Waals surface area contributed by atoms with Gasteiger partial charge in [-0.1, -0.05) is 12.1 Å². The molecule has 2 N–H and O–H groups in total. The van der Waals surface area contributed by atoms with Gasteiger partial charge in [0.25, 0.3) is 6.47 Å². The fraction of sp³-hybridized carbons (Fsp3) is 0.579. The first-order valence-electron chi connectivity index (χ1n) is 8.83. The number of ether oxygens (including phenoxy) is 1. The van der Waals surface area contributed by atoms with Crippen LogP contribution in [0.2, 0.25) is 0 Å². The summed E-state index contributed by atoms with van der Waals surface area (Å²) in [7, 11) is 0. The second-order valence-electron chi connectivity index (χ2n) is 6.77. The van der Waals surface area contributed by atoms with Gasteiger partial charge in [0, 0.05) is 19.0 Å². The molecular formula is C19H29F3N2O4. The molecule has 160 valence electrons. The Bertz CT molecular complexity index is 616. The second kappa shape index (κ2) is 11.7. The van der Waals surface area contributed by atoms with E-state index in [-0.39, 0.29) is 23.5 Å². The summed E-state index contributed by atoms with van der Waals surface area (Å²) < 4.78 is 42.5. The van der Waals surface area contributed by atoms with E-state index in [9.17, 15) is 22.8 Å². The molecule has 6 nitrogen and oxygen atoms in total. The molecule has 0 aliphatic heterocycles. The molecule has 0 saturated heterocycles. The minimum Gasteiger partial charge on any atom is -0.462 e. The average molecular weight is 406 g/mol. The predicted molar refractivity (Wildman–Crippen MR) is 98.9 cm³/mol. The Morgan fingerprint density at radius 3 is 2.25 bits per heavy atom. The van der Waals surface area contributed by atoms with E-state index < -0.39 is 17.8 Å². The van der Waals surface area contributed by atoms with Crippen molar-refractivity contribution in [2.45, 2.75) is 58.9 Å². The van der Waals surface area contributed by atoms with Crippen LogP contribution in [0.3, 0.4) is 0 Å². The lowest BCUT2D eigenvalue weighted by molar-refractivity contribution is -0.183. The average Bonchev–Trinajstić information content (AvgIpc) is 2.58. The highest BCUT2D eigenvalue weighted by Gasteiger charge is 2.31. The summed E-state index contributed by atoms with van der Waals surface area (Å²) in [6.07, 6.45) is -4.55. The number of hydroxylamine groups is 2. The van der Waals surface area contributed by atoms with Crippen LogP contribution >= 0.6 is 0 Å². The molecule has 0 saturated carbocycles. The van der Waals surface area contributed by atoms with Gasteiger partial charge in [0.2, 0.25) is 5.91 Å². The summed E-state index contributed by atoms with van der Waals surface area (Å²) in [5, 5.41) is 1.16. The Morgan fingerprint density at radius 1 is 1.25 bits per heavy atom. The van der Waals surface area contributed by atoms with Crippen molar-refractivity contribution in [3.05, 3.63) is 35.4 Å². The van der Waals surface area contributed by atoms with Crippen molar-refractivity contribution >= 4 is 12.4 Å². The van der Waals surface area contributed by atoms with Gasteiger partial charge in [0.1, 0.15) is 5.60 Å². The third-order valence-electron chi connectivity index (χ3n) is 3.29. The Kier molecular flexibility index (Phi) is 10.8. The van der Waals surface area contributed by atoms with Crippen molar-refractivity contribution in [2.24, 2.45) is 5.73 Å². The Balaban J connectivity index is 0.000000887. The van der Waals surface area contributed by atoms with Gasteiger partial charge in [-0.15, -0.1) is 0 Å². The Morgan fingerprint density at radius 2 is 1.86 bits per heavy atom. The van der Waals surface area contributed by atoms with Crippen LogP contribution < -0.4 is 5.73 Å². The molecule has 1 aromatic carbocycles. The molecule has 0 aliphatic carbocycles. The molecule has 9 heteroatoms. The number of alkyl halides is 3. The second-order valence-corrected chi connectivity index (χ2v) is 6.77. The maximum atomic E-state index is 12.6. The normalized spacial score (nSPS) is 12.5. The van der Waals surface area contributed by atoms with Crippen LogP contribution in [0.15, 0.2) is 24.3 Å². The summed E-state index contributed by atoms with van der Waals surface area (Å²) in [4.78, 5) is 26.6. The topological polar surface area (TPSA) is 81.9 Å². The number of nitrogens with two attached hydrogens (primary N) is 1. The van der Waals surface area contributed by atoms with E-state index in [0.29, 0.717) is 19.6 Å². The highest BCUT2D eigenvalue weighted by molar-refractivity contribution is 5.76. The Hall–Kier alpha value is -2.13. The minimum absolute atomic E-state index is 0.116. The maximum absolute atomic E-state index is 12.6. The maximum Gasteiger partial charge on any atom is 0.416 e. The van der Waals surface area contributed by atoms with E-state index in [1.165, 1.54) is 12.1 Å². The number of amides is 1. The van der Waals surface area contributed by atoms with Crippen molar-refractivity contribution in [3.63, 3.8) is 0 Å². The lowest BCUT2D eigenvalue weighted by atomic mass is 10.0. The highest BCUT2D eigenvalue weighted by atomic mass is 19.4. The first-order chi connectivity index (χ1) is 12.9. The van der Waals surface area contributed by atoms with Crippen LogP contribution in [0.5, 0.6) is 0 Å². The fourth-order valence-corrected chi connectivity index (χ4v) is 1.99. The van der Waals surface area contributed by atoms with Crippen LogP contribution in [0, 0.1) is 0 Å². The van der Waals surface area contributed by atoms with Crippen molar-refractivity contribution < 1.29 is 32.3 Å². The molecule has 0 aliphatic rings. The summed E-state index contributed by atoms with van der Waals surface area (Å²) in [6.45, 7) is 10.1. The number of nitrogens with zero attached hydrogens (tertiary/aromatic N) is 1. The molecule has 1 rings (SSSR count). The van der Waals surface area contributed by atoms with Gasteiger partial charge in [-0.3, -0.25) is 14.4 Å². The van der Waals surface area contributed by atoms with E-state index in [1.54, 1.807) is 13.8 Å². The fourth-order valence-electron chi connectivity index (χ4n) is 1.99. The number of carbonyl (C=O) groups is 2. The van der Waals surface area contributed by atoms with Gasteiger partial charge < -0.3 is 10.5 Å². The van der Waals surface area contributed by atoms with Crippen LogP contribution in [0.4, 0.5) is 13.2 Å². The Labute approximate surface area is 163 Å². The molecule has 1 atom stereocenters. The van der Waals surface area contributed by atoms with Crippen molar-refractivity contribution in [2.75, 3.05) is 13.2 Å². The molecule has 1 aromatic rings. The number of hydrogen-bond donors (Lipinski definition) is 1. The quantitative estimate of drug-likeness (QED) is 0.549. The number of benzene rings is 1. The largest absolute Gasteiger partial charge is 0.462 e. The summed E-state index contributed by atoms with van der Waals surface area (Å²) in [5.74, 6) is -0.357. The van der Waals surface area contributed by atoms with Gasteiger partial charge >= 0.3 is 6.18 Å². The standard InChI is InChI=1S/C14H19F3N2O2.C5H10O2/c1-3-19(21-4-2)13(20)9-12(18)10-6-5-7-11(8-10)14(15,16)17;1-5(2,3)7-4-6/h5-8,12H,3-4,9,18H2,1-2H3;4H,1-3H3. The summed E-state index contributed by atoms with van der Waals surface area (Å²) in [5.41, 5.74) is 5.00. The van der Waals surface area contributed by atoms with Crippen molar-refractivity contribution in [3.8, 4) is 0 Å². The van der Waals surface area contributed by atoms with Gasteiger partial charge in [-0.2, -0.15) is 13.2 Å². The van der Waals surface area contributed by atoms with Gasteiger partial charge in [0.05, 0.1) is 12.2 Å². The molecule has 0 spiro atoms. The molecule has 0 radical (unpaired) electrons. The molecule has 0 aromatic heterocycles. The number of rotatable bonds is 7. The van der Waals surface area contributed by atoms with Gasteiger partial charge in [0.15, 0.2) is 0 Å². The summed E-state index contributed by atoms with van der Waals surface area (Å²) in [6, 6.07) is 3.88. The zero-order valence-electron chi connectivity index (χ0n) is 16.9. The molecule has 1 unspecified atom stereocenters. The monoisotopic (exact) mass is 406 g/mol. The molecule has 0 heterocycles. The van der Waals surface area contributed by atoms with Crippen LogP contribution in [-0.2, 0) is 25.3 Å². The van der Waals surface area contributed by atoms with Crippen LogP contribution in [-0.4, -0.2) is 36.2 Å². The summed E-state index contributed by atoms with van der Waals surface area (Å²) >= 11 is 0. The predicted octanol–water partition coefficient (Wildman–Crippen LogP) is 3.85. The number of hydrogen-bond acceptors (Lipinski definition) is 5.